The van der Waals surface area contributed by atoms with E-state index in [-0.39, 0.29) is 18.3 Å². The number of rotatable bonds is 9. The Morgan fingerprint density at radius 1 is 1.52 bits per heavy atom. The summed E-state index contributed by atoms with van der Waals surface area (Å²) in [4.78, 5) is 27.7. The molecule has 1 amide bonds. The van der Waals surface area contributed by atoms with Gasteiger partial charge in [0.1, 0.15) is 6.04 Å². The van der Waals surface area contributed by atoms with Crippen molar-refractivity contribution in [3.8, 4) is 10.7 Å². The topological polar surface area (TPSA) is 80.2 Å². The number of esters is 1. The largest absolute Gasteiger partial charge is 0.466 e. The average molecular weight is 409 g/mol. The maximum Gasteiger partial charge on any atom is 0.307 e. The molecule has 1 unspecified atom stereocenters. The second-order valence-electron chi connectivity index (χ2n) is 6.66. The van der Waals surface area contributed by atoms with E-state index in [0.717, 1.165) is 17.7 Å². The maximum atomic E-state index is 13.2. The fraction of sp³-hybridized carbons (Fsp3) is 0.556. The Morgan fingerprint density at radius 2 is 2.30 bits per heavy atom. The summed E-state index contributed by atoms with van der Waals surface area (Å²) in [5.41, 5.74) is 0. The first-order valence-electron chi connectivity index (χ1n) is 9.16. The molecule has 1 atom stereocenters. The predicted molar refractivity (Wildman–Crippen MR) is 106 cm³/mol. The average Bonchev–Trinajstić information content (AvgIpc) is 3.14. The number of aromatic nitrogens is 3. The molecule has 1 saturated carbocycles. The van der Waals surface area contributed by atoms with Crippen LogP contribution < -0.4 is 0 Å². The van der Waals surface area contributed by atoms with E-state index < -0.39 is 6.04 Å². The van der Waals surface area contributed by atoms with E-state index in [1.807, 2.05) is 24.4 Å². The predicted octanol–water partition coefficient (Wildman–Crippen LogP) is 3.42. The fourth-order valence-electron chi connectivity index (χ4n) is 2.98. The van der Waals surface area contributed by atoms with Crippen molar-refractivity contribution >= 4 is 35.4 Å². The molecule has 0 aliphatic heterocycles. The number of nitrogens with zero attached hydrogens (tertiary/aromatic N) is 3. The number of thiophene rings is 1. The third kappa shape index (κ3) is 4.84. The molecule has 0 saturated heterocycles. The molecule has 1 aliphatic carbocycles. The lowest BCUT2D eigenvalue weighted by atomic mass is 10.2. The highest BCUT2D eigenvalue weighted by Crippen LogP contribution is 2.31. The van der Waals surface area contributed by atoms with Crippen molar-refractivity contribution in [3.63, 3.8) is 0 Å². The monoisotopic (exact) mass is 408 g/mol. The minimum atomic E-state index is -0.505. The van der Waals surface area contributed by atoms with Crippen LogP contribution in [0.4, 0.5) is 0 Å². The van der Waals surface area contributed by atoms with Crippen LogP contribution in [-0.2, 0) is 14.3 Å². The normalized spacial score (nSPS) is 14.7. The van der Waals surface area contributed by atoms with Gasteiger partial charge in [0.2, 0.25) is 5.91 Å². The van der Waals surface area contributed by atoms with Crippen molar-refractivity contribution < 1.29 is 14.3 Å². The number of carbonyl (C=O) groups is 2. The Labute approximate surface area is 167 Å². The number of H-pyrrole nitrogens is 1. The van der Waals surface area contributed by atoms with Crippen LogP contribution >= 0.6 is 23.6 Å². The molecule has 2 aromatic heterocycles. The molecule has 2 heterocycles. The van der Waals surface area contributed by atoms with Gasteiger partial charge in [-0.25, -0.2) is 0 Å². The number of ether oxygens (including phenoxy) is 1. The molecule has 1 N–H and O–H groups in total. The van der Waals surface area contributed by atoms with Gasteiger partial charge in [-0.05, 0) is 56.3 Å². The Hall–Kier alpha value is -2.00. The van der Waals surface area contributed by atoms with Crippen molar-refractivity contribution in [1.29, 1.82) is 0 Å². The highest BCUT2D eigenvalue weighted by Gasteiger charge is 2.31. The van der Waals surface area contributed by atoms with E-state index in [4.69, 9.17) is 17.0 Å². The summed E-state index contributed by atoms with van der Waals surface area (Å²) in [5, 5.41) is 9.06. The zero-order valence-corrected chi connectivity index (χ0v) is 17.1. The van der Waals surface area contributed by atoms with Crippen molar-refractivity contribution in [2.24, 2.45) is 5.92 Å². The summed E-state index contributed by atoms with van der Waals surface area (Å²) >= 11 is 6.92. The first-order valence-corrected chi connectivity index (χ1v) is 10.4. The van der Waals surface area contributed by atoms with Crippen LogP contribution in [-0.4, -0.2) is 51.2 Å². The van der Waals surface area contributed by atoms with E-state index in [1.165, 1.54) is 0 Å². The zero-order valence-electron chi connectivity index (χ0n) is 15.5. The van der Waals surface area contributed by atoms with E-state index in [2.05, 4.69) is 10.2 Å². The SMILES string of the molecule is CCOC(=O)CCN(CC1CC1)C(=O)C(C)n1c(-c2cccs2)n[nH]c1=S. The molecule has 3 rings (SSSR count). The molecule has 0 aromatic carbocycles. The number of amides is 1. The van der Waals surface area contributed by atoms with Gasteiger partial charge in [-0.1, -0.05) is 6.07 Å². The molecule has 7 nitrogen and oxygen atoms in total. The lowest BCUT2D eigenvalue weighted by molar-refractivity contribution is -0.144. The van der Waals surface area contributed by atoms with Gasteiger partial charge >= 0.3 is 5.97 Å². The Bertz CT molecular complexity index is 839. The van der Waals surface area contributed by atoms with Crippen LogP contribution in [0, 0.1) is 10.7 Å². The highest BCUT2D eigenvalue weighted by molar-refractivity contribution is 7.71. The Kier molecular flexibility index (Phi) is 6.43. The van der Waals surface area contributed by atoms with Gasteiger partial charge in [0.15, 0.2) is 10.6 Å². The summed E-state index contributed by atoms with van der Waals surface area (Å²) in [6, 6.07) is 3.38. The molecule has 2 aromatic rings. The summed E-state index contributed by atoms with van der Waals surface area (Å²) in [6.45, 7) is 4.98. The molecule has 146 valence electrons. The van der Waals surface area contributed by atoms with Crippen LogP contribution in [0.1, 0.15) is 39.2 Å². The van der Waals surface area contributed by atoms with Crippen molar-refractivity contribution in [3.05, 3.63) is 22.3 Å². The van der Waals surface area contributed by atoms with E-state index in [1.54, 1.807) is 27.7 Å². The zero-order chi connectivity index (χ0) is 19.4. The van der Waals surface area contributed by atoms with Gasteiger partial charge < -0.3 is 9.64 Å². The third-order valence-corrected chi connectivity index (χ3v) is 5.72. The van der Waals surface area contributed by atoms with E-state index in [0.29, 0.717) is 36.2 Å². The second-order valence-corrected chi connectivity index (χ2v) is 7.99. The maximum absolute atomic E-state index is 13.2. The molecule has 1 fully saturated rings. The van der Waals surface area contributed by atoms with Crippen LogP contribution in [0.5, 0.6) is 0 Å². The van der Waals surface area contributed by atoms with Crippen LogP contribution in [0.15, 0.2) is 17.5 Å². The molecular weight excluding hydrogens is 384 g/mol. The number of nitrogens with one attached hydrogen (secondary N) is 1. The van der Waals surface area contributed by atoms with Crippen molar-refractivity contribution in [1.82, 2.24) is 19.7 Å². The minimum absolute atomic E-state index is 0.0542. The fourth-order valence-corrected chi connectivity index (χ4v) is 3.98. The van der Waals surface area contributed by atoms with Crippen LogP contribution in [0.2, 0.25) is 0 Å². The number of hydrogen-bond donors (Lipinski definition) is 1. The Balaban J connectivity index is 1.78. The Morgan fingerprint density at radius 3 is 2.93 bits per heavy atom. The van der Waals surface area contributed by atoms with E-state index >= 15 is 0 Å². The smallest absolute Gasteiger partial charge is 0.307 e. The molecule has 9 heteroatoms. The van der Waals surface area contributed by atoms with Gasteiger partial charge in [0.05, 0.1) is 17.9 Å². The van der Waals surface area contributed by atoms with Crippen molar-refractivity contribution in [2.75, 3.05) is 19.7 Å². The summed E-state index contributed by atoms with van der Waals surface area (Å²) in [6.07, 6.45) is 2.46. The number of carbonyl (C=O) groups excluding carboxylic acids is 2. The number of hydrogen-bond acceptors (Lipinski definition) is 6. The van der Waals surface area contributed by atoms with Crippen molar-refractivity contribution in [2.45, 2.75) is 39.2 Å². The minimum Gasteiger partial charge on any atom is -0.466 e. The third-order valence-electron chi connectivity index (χ3n) is 4.57. The quantitative estimate of drug-likeness (QED) is 0.508. The molecule has 1 aliphatic rings. The lowest BCUT2D eigenvalue weighted by Gasteiger charge is -2.26. The standard InChI is InChI=1S/C18H24N4O3S2/c1-3-25-15(23)8-9-21(11-13-6-7-13)17(24)12(2)22-16(19-20-18(22)26)14-5-4-10-27-14/h4-5,10,12-13H,3,6-9,11H2,1-2H3,(H,20,26). The first kappa shape index (κ1) is 19.8. The summed E-state index contributed by atoms with van der Waals surface area (Å²) < 4.78 is 7.17. The van der Waals surface area contributed by atoms with Gasteiger partial charge in [0, 0.05) is 13.1 Å². The summed E-state index contributed by atoms with van der Waals surface area (Å²) in [5.74, 6) is 0.851. The van der Waals surface area contributed by atoms with Crippen LogP contribution in [0.25, 0.3) is 10.7 Å². The highest BCUT2D eigenvalue weighted by atomic mass is 32.1. The second kappa shape index (κ2) is 8.79. The van der Waals surface area contributed by atoms with Gasteiger partial charge in [-0.2, -0.15) is 5.10 Å². The summed E-state index contributed by atoms with van der Waals surface area (Å²) in [7, 11) is 0. The molecule has 0 spiro atoms. The van der Waals surface area contributed by atoms with Crippen LogP contribution in [0.3, 0.4) is 0 Å². The molecule has 0 radical (unpaired) electrons. The lowest BCUT2D eigenvalue weighted by Crippen LogP contribution is -2.39. The van der Waals surface area contributed by atoms with Gasteiger partial charge in [-0.15, -0.1) is 11.3 Å². The molecular formula is C18H24N4O3S2. The van der Waals surface area contributed by atoms with Gasteiger partial charge in [0.25, 0.3) is 0 Å². The first-order chi connectivity index (χ1) is 13.0. The molecule has 0 bridgehead atoms. The molecule has 27 heavy (non-hydrogen) atoms. The number of aromatic amines is 1. The van der Waals surface area contributed by atoms with Gasteiger partial charge in [-0.3, -0.25) is 19.3 Å². The van der Waals surface area contributed by atoms with E-state index in [9.17, 15) is 9.59 Å².